The van der Waals surface area contributed by atoms with Gasteiger partial charge in [-0.1, -0.05) is 6.08 Å². The van der Waals surface area contributed by atoms with Crippen LogP contribution in [0.15, 0.2) is 28.6 Å². The summed E-state index contributed by atoms with van der Waals surface area (Å²) in [6, 6.07) is 2.35. The molecule has 1 amide bonds. The highest BCUT2D eigenvalue weighted by molar-refractivity contribution is 9.10. The summed E-state index contributed by atoms with van der Waals surface area (Å²) >= 11 is 4.88. The Morgan fingerprint density at radius 1 is 1.73 bits per heavy atom. The van der Waals surface area contributed by atoms with E-state index in [9.17, 15) is 4.79 Å². The first-order valence-electron chi connectivity index (χ1n) is 4.89. The summed E-state index contributed by atoms with van der Waals surface area (Å²) in [5.41, 5.74) is 0. The second kappa shape index (κ2) is 4.49. The zero-order valence-electron chi connectivity index (χ0n) is 8.28. The molecule has 1 aliphatic rings. The lowest BCUT2D eigenvalue weighted by Crippen LogP contribution is -2.32. The van der Waals surface area contributed by atoms with E-state index < -0.39 is 0 Å². The first-order valence-corrected chi connectivity index (χ1v) is 6.56. The van der Waals surface area contributed by atoms with Crippen LogP contribution in [-0.4, -0.2) is 23.4 Å². The fourth-order valence-corrected chi connectivity index (χ4v) is 3.00. The highest BCUT2D eigenvalue weighted by Gasteiger charge is 2.33. The summed E-state index contributed by atoms with van der Waals surface area (Å²) in [5, 5.41) is 1.93. The summed E-state index contributed by atoms with van der Waals surface area (Å²) in [5.74, 6) is 0.124. The summed E-state index contributed by atoms with van der Waals surface area (Å²) in [4.78, 5) is 14.9. The molecule has 15 heavy (non-hydrogen) atoms. The minimum Gasteiger partial charge on any atom is -0.331 e. The van der Waals surface area contributed by atoms with Crippen molar-refractivity contribution >= 4 is 33.2 Å². The van der Waals surface area contributed by atoms with Crippen LogP contribution in [0.5, 0.6) is 0 Å². The van der Waals surface area contributed by atoms with E-state index in [1.54, 1.807) is 6.08 Å². The van der Waals surface area contributed by atoms with Gasteiger partial charge in [-0.05, 0) is 40.2 Å². The van der Waals surface area contributed by atoms with Gasteiger partial charge in [0, 0.05) is 17.1 Å². The Hall–Kier alpha value is -0.610. The highest BCUT2D eigenvalue weighted by atomic mass is 79.9. The molecular weight excluding hydrogens is 274 g/mol. The molecule has 0 aromatic carbocycles. The second-order valence-electron chi connectivity index (χ2n) is 3.58. The average Bonchev–Trinajstić information content (AvgIpc) is 2.97. The average molecular weight is 286 g/mol. The fraction of sp³-hybridized carbons (Fsp3) is 0.364. The molecule has 0 bridgehead atoms. The van der Waals surface area contributed by atoms with Crippen molar-refractivity contribution < 1.29 is 4.79 Å². The van der Waals surface area contributed by atoms with Crippen LogP contribution in [0.4, 0.5) is 0 Å². The largest absolute Gasteiger partial charge is 0.331 e. The lowest BCUT2D eigenvalue weighted by molar-refractivity contribution is 0.0766. The second-order valence-corrected chi connectivity index (χ2v) is 5.35. The molecule has 1 saturated carbocycles. The van der Waals surface area contributed by atoms with Crippen LogP contribution < -0.4 is 0 Å². The van der Waals surface area contributed by atoms with Gasteiger partial charge in [0.05, 0.1) is 0 Å². The summed E-state index contributed by atoms with van der Waals surface area (Å²) in [6.07, 6.45) is 4.04. The monoisotopic (exact) mass is 285 g/mol. The standard InChI is InChI=1S/C11H12BrNOS/c1-2-6-13(8-3-4-8)11(14)10-9(12)5-7-15-10/h2,5,7-8H,1,3-4,6H2. The molecule has 0 saturated heterocycles. The van der Waals surface area contributed by atoms with Crippen LogP contribution >= 0.6 is 27.3 Å². The molecule has 2 nitrogen and oxygen atoms in total. The minimum atomic E-state index is 0.124. The van der Waals surface area contributed by atoms with E-state index in [4.69, 9.17) is 0 Å². The summed E-state index contributed by atoms with van der Waals surface area (Å²) in [7, 11) is 0. The van der Waals surface area contributed by atoms with Crippen LogP contribution in [0.2, 0.25) is 0 Å². The van der Waals surface area contributed by atoms with Crippen molar-refractivity contribution in [1.29, 1.82) is 0 Å². The third kappa shape index (κ3) is 2.32. The van der Waals surface area contributed by atoms with Crippen LogP contribution in [0.25, 0.3) is 0 Å². The molecule has 0 atom stereocenters. The van der Waals surface area contributed by atoms with Gasteiger partial charge in [-0.3, -0.25) is 4.79 Å². The molecule has 1 aromatic heterocycles. The van der Waals surface area contributed by atoms with Crippen LogP contribution in [0, 0.1) is 0 Å². The van der Waals surface area contributed by atoms with E-state index in [1.807, 2.05) is 16.3 Å². The molecule has 0 radical (unpaired) electrons. The van der Waals surface area contributed by atoms with Gasteiger partial charge < -0.3 is 4.90 Å². The Bertz CT molecular complexity index is 384. The van der Waals surface area contributed by atoms with E-state index in [0.717, 1.165) is 22.2 Å². The van der Waals surface area contributed by atoms with Gasteiger partial charge in [-0.25, -0.2) is 0 Å². The van der Waals surface area contributed by atoms with E-state index in [1.165, 1.54) is 11.3 Å². The van der Waals surface area contributed by atoms with E-state index >= 15 is 0 Å². The topological polar surface area (TPSA) is 20.3 Å². The number of hydrogen-bond acceptors (Lipinski definition) is 2. The third-order valence-corrected chi connectivity index (χ3v) is 4.21. The Morgan fingerprint density at radius 3 is 2.93 bits per heavy atom. The summed E-state index contributed by atoms with van der Waals surface area (Å²) < 4.78 is 0.896. The third-order valence-electron chi connectivity index (χ3n) is 2.39. The number of thiophene rings is 1. The quantitative estimate of drug-likeness (QED) is 0.778. The normalized spacial score (nSPS) is 15.0. The van der Waals surface area contributed by atoms with E-state index in [0.29, 0.717) is 12.6 Å². The lowest BCUT2D eigenvalue weighted by atomic mass is 10.3. The van der Waals surface area contributed by atoms with Crippen molar-refractivity contribution in [2.24, 2.45) is 0 Å². The first-order chi connectivity index (χ1) is 7.24. The molecule has 0 aliphatic heterocycles. The number of carbonyl (C=O) groups excluding carboxylic acids is 1. The molecule has 1 aromatic rings. The van der Waals surface area contributed by atoms with Gasteiger partial charge in [0.1, 0.15) is 4.88 Å². The predicted molar refractivity (Wildman–Crippen MR) is 66.3 cm³/mol. The zero-order valence-corrected chi connectivity index (χ0v) is 10.7. The van der Waals surface area contributed by atoms with Crippen molar-refractivity contribution in [3.05, 3.63) is 33.5 Å². The Morgan fingerprint density at radius 2 is 2.47 bits per heavy atom. The maximum atomic E-state index is 12.2. The van der Waals surface area contributed by atoms with Crippen LogP contribution in [-0.2, 0) is 0 Å². The zero-order chi connectivity index (χ0) is 10.8. The Labute approximate surface area is 102 Å². The maximum absolute atomic E-state index is 12.2. The molecule has 0 unspecified atom stereocenters. The number of carbonyl (C=O) groups is 1. The molecule has 1 fully saturated rings. The molecule has 1 heterocycles. The molecule has 0 N–H and O–H groups in total. The van der Waals surface area contributed by atoms with Crippen molar-refractivity contribution in [1.82, 2.24) is 4.90 Å². The van der Waals surface area contributed by atoms with Gasteiger partial charge >= 0.3 is 0 Å². The number of halogens is 1. The van der Waals surface area contributed by atoms with E-state index in [-0.39, 0.29) is 5.91 Å². The number of amides is 1. The van der Waals surface area contributed by atoms with Gasteiger partial charge in [0.25, 0.3) is 5.91 Å². The number of nitrogens with zero attached hydrogens (tertiary/aromatic N) is 1. The molecule has 0 spiro atoms. The predicted octanol–water partition coefficient (Wildman–Crippen LogP) is 3.30. The van der Waals surface area contributed by atoms with Gasteiger partial charge in [-0.15, -0.1) is 17.9 Å². The first kappa shape index (κ1) is 10.9. The SMILES string of the molecule is C=CCN(C(=O)c1sccc1Br)C1CC1. The molecular formula is C11H12BrNOS. The molecule has 1 aliphatic carbocycles. The number of rotatable bonds is 4. The van der Waals surface area contributed by atoms with Crippen molar-refractivity contribution in [2.75, 3.05) is 6.54 Å². The maximum Gasteiger partial charge on any atom is 0.265 e. The van der Waals surface area contributed by atoms with Gasteiger partial charge in [0.15, 0.2) is 0 Å². The Balaban J connectivity index is 2.17. The molecule has 2 rings (SSSR count). The van der Waals surface area contributed by atoms with E-state index in [2.05, 4.69) is 22.5 Å². The van der Waals surface area contributed by atoms with Crippen molar-refractivity contribution in [3.8, 4) is 0 Å². The Kier molecular flexibility index (Phi) is 3.26. The summed E-state index contributed by atoms with van der Waals surface area (Å²) in [6.45, 7) is 4.34. The smallest absolute Gasteiger partial charge is 0.265 e. The van der Waals surface area contributed by atoms with Gasteiger partial charge in [0.2, 0.25) is 0 Å². The fourth-order valence-electron chi connectivity index (χ4n) is 1.50. The number of hydrogen-bond donors (Lipinski definition) is 0. The highest BCUT2D eigenvalue weighted by Crippen LogP contribution is 2.31. The minimum absolute atomic E-state index is 0.124. The van der Waals surface area contributed by atoms with Gasteiger partial charge in [-0.2, -0.15) is 0 Å². The molecule has 80 valence electrons. The lowest BCUT2D eigenvalue weighted by Gasteiger charge is -2.19. The van der Waals surface area contributed by atoms with Crippen LogP contribution in [0.3, 0.4) is 0 Å². The van der Waals surface area contributed by atoms with Crippen molar-refractivity contribution in [2.45, 2.75) is 18.9 Å². The van der Waals surface area contributed by atoms with Crippen LogP contribution in [0.1, 0.15) is 22.5 Å². The molecule has 4 heteroatoms. The van der Waals surface area contributed by atoms with Crippen molar-refractivity contribution in [3.63, 3.8) is 0 Å².